The lowest BCUT2D eigenvalue weighted by molar-refractivity contribution is 0.0680. The van der Waals surface area contributed by atoms with Gasteiger partial charge in [-0.15, -0.1) is 0 Å². The Morgan fingerprint density at radius 2 is 2.21 bits per heavy atom. The van der Waals surface area contributed by atoms with Gasteiger partial charge in [0.2, 0.25) is 0 Å². The molecule has 0 spiro atoms. The zero-order valence-electron chi connectivity index (χ0n) is 14.2. The number of ether oxygens (including phenoxy) is 2. The average Bonchev–Trinajstić information content (AvgIpc) is 3.21. The van der Waals surface area contributed by atoms with Crippen molar-refractivity contribution in [3.63, 3.8) is 0 Å². The molecule has 1 aliphatic rings. The van der Waals surface area contributed by atoms with Crippen LogP contribution < -0.4 is 4.74 Å². The van der Waals surface area contributed by atoms with Crippen LogP contribution in [0.1, 0.15) is 41.4 Å². The van der Waals surface area contributed by atoms with E-state index in [0.717, 1.165) is 5.82 Å². The third kappa shape index (κ3) is 3.12. The quantitative estimate of drug-likeness (QED) is 0.908. The summed E-state index contributed by atoms with van der Waals surface area (Å²) in [6.45, 7) is 4.76. The number of nitrogens with zero attached hydrogens (tertiary/aromatic N) is 3. The molecule has 3 rings (SSSR count). The summed E-state index contributed by atoms with van der Waals surface area (Å²) >= 11 is 0. The molecule has 2 aromatic rings. The first-order valence-corrected chi connectivity index (χ1v) is 8.08. The van der Waals surface area contributed by atoms with Crippen molar-refractivity contribution in [2.75, 3.05) is 20.3 Å². The highest BCUT2D eigenvalue weighted by atomic mass is 16.5. The van der Waals surface area contributed by atoms with Gasteiger partial charge in [-0.1, -0.05) is 12.1 Å². The van der Waals surface area contributed by atoms with Crippen LogP contribution in [0.5, 0.6) is 5.75 Å². The topological polar surface area (TPSA) is 80.3 Å². The molecule has 1 N–H and O–H groups in total. The highest BCUT2D eigenvalue weighted by Gasteiger charge is 2.39. The van der Waals surface area contributed by atoms with E-state index in [1.807, 2.05) is 32.0 Å². The van der Waals surface area contributed by atoms with Crippen LogP contribution in [-0.4, -0.2) is 52.4 Å². The first-order chi connectivity index (χ1) is 11.6. The number of benzene rings is 1. The van der Waals surface area contributed by atoms with E-state index >= 15 is 0 Å². The molecule has 0 unspecified atom stereocenters. The maximum absolute atomic E-state index is 13.1. The number of aromatic nitrogens is 3. The number of carbonyl (C=O) groups excluding carboxylic acids is 1. The Kier molecular flexibility index (Phi) is 4.80. The van der Waals surface area contributed by atoms with E-state index in [9.17, 15) is 4.79 Å². The van der Waals surface area contributed by atoms with Crippen molar-refractivity contribution in [1.29, 1.82) is 0 Å². The van der Waals surface area contributed by atoms with Crippen molar-refractivity contribution in [3.8, 4) is 5.75 Å². The Balaban J connectivity index is 1.92. The molecule has 1 aromatic heterocycles. The lowest BCUT2D eigenvalue weighted by Gasteiger charge is -2.23. The van der Waals surface area contributed by atoms with Crippen LogP contribution >= 0.6 is 0 Å². The second-order valence-corrected chi connectivity index (χ2v) is 5.77. The van der Waals surface area contributed by atoms with Crippen molar-refractivity contribution < 1.29 is 14.3 Å². The molecule has 7 heteroatoms. The molecule has 7 nitrogen and oxygen atoms in total. The molecule has 1 fully saturated rings. The summed E-state index contributed by atoms with van der Waals surface area (Å²) in [5, 5.41) is 7.08. The summed E-state index contributed by atoms with van der Waals surface area (Å²) < 4.78 is 11.1. The number of hydrogen-bond donors (Lipinski definition) is 1. The zero-order chi connectivity index (χ0) is 17.1. The van der Waals surface area contributed by atoms with Crippen LogP contribution in [-0.2, 0) is 4.74 Å². The Bertz CT molecular complexity index is 715. The minimum absolute atomic E-state index is 0.0305. The molecular weight excluding hydrogens is 308 g/mol. The van der Waals surface area contributed by atoms with Crippen LogP contribution in [0.15, 0.2) is 24.3 Å². The van der Waals surface area contributed by atoms with Crippen molar-refractivity contribution in [3.05, 3.63) is 41.5 Å². The molecule has 2 heterocycles. The number of methoxy groups -OCH3 is 1. The standard InChI is InChI=1S/C17H22N4O3/c1-4-24-15-8-6-5-7-13(15)17(22)21-10-12(23-3)9-14(21)16-18-11(2)19-20-16/h5-8,12,14H,4,9-10H2,1-3H3,(H,18,19,20)/t12-,14-/m0/s1. The first kappa shape index (κ1) is 16.4. The fourth-order valence-corrected chi connectivity index (χ4v) is 3.03. The third-order valence-corrected chi connectivity index (χ3v) is 4.19. The minimum Gasteiger partial charge on any atom is -0.493 e. The van der Waals surface area contributed by atoms with Crippen molar-refractivity contribution in [1.82, 2.24) is 20.1 Å². The van der Waals surface area contributed by atoms with Gasteiger partial charge in [0.15, 0.2) is 5.82 Å². The molecule has 1 saturated heterocycles. The summed E-state index contributed by atoms with van der Waals surface area (Å²) in [5.74, 6) is 1.85. The normalized spacial score (nSPS) is 20.4. The minimum atomic E-state index is -0.206. The monoisotopic (exact) mass is 330 g/mol. The van der Waals surface area contributed by atoms with E-state index in [0.29, 0.717) is 36.7 Å². The first-order valence-electron chi connectivity index (χ1n) is 8.08. The van der Waals surface area contributed by atoms with Crippen LogP contribution in [0.25, 0.3) is 0 Å². The molecular formula is C17H22N4O3. The van der Waals surface area contributed by atoms with Crippen LogP contribution in [0, 0.1) is 6.92 Å². The molecule has 0 saturated carbocycles. The predicted octanol–water partition coefficient (Wildman–Crippen LogP) is 2.11. The van der Waals surface area contributed by atoms with E-state index in [4.69, 9.17) is 9.47 Å². The van der Waals surface area contributed by atoms with Gasteiger partial charge in [-0.3, -0.25) is 9.89 Å². The number of aryl methyl sites for hydroxylation is 1. The van der Waals surface area contributed by atoms with Crippen LogP contribution in [0.3, 0.4) is 0 Å². The van der Waals surface area contributed by atoms with Gasteiger partial charge < -0.3 is 14.4 Å². The molecule has 0 aliphatic carbocycles. The maximum atomic E-state index is 13.1. The number of amides is 1. The average molecular weight is 330 g/mol. The van der Waals surface area contributed by atoms with Gasteiger partial charge in [0.05, 0.1) is 24.3 Å². The second kappa shape index (κ2) is 7.00. The number of nitrogens with one attached hydrogen (secondary N) is 1. The second-order valence-electron chi connectivity index (χ2n) is 5.77. The molecule has 1 aromatic carbocycles. The summed E-state index contributed by atoms with van der Waals surface area (Å²) in [4.78, 5) is 19.3. The van der Waals surface area contributed by atoms with Gasteiger partial charge in [0.1, 0.15) is 11.6 Å². The zero-order valence-corrected chi connectivity index (χ0v) is 14.2. The number of carbonyl (C=O) groups is 1. The van der Waals surface area contributed by atoms with Crippen LogP contribution in [0.2, 0.25) is 0 Å². The number of para-hydroxylation sites is 1. The highest BCUT2D eigenvalue weighted by molar-refractivity contribution is 5.97. The van der Waals surface area contributed by atoms with Gasteiger partial charge in [0, 0.05) is 20.1 Å². The maximum Gasteiger partial charge on any atom is 0.258 e. The fraction of sp³-hybridized carbons (Fsp3) is 0.471. The number of likely N-dealkylation sites (tertiary alicyclic amines) is 1. The Hall–Kier alpha value is -2.41. The number of H-pyrrole nitrogens is 1. The SMILES string of the molecule is CCOc1ccccc1C(=O)N1C[C@@H](OC)C[C@H]1c1n[nH]c(C)n1. The number of rotatable bonds is 5. The summed E-state index contributed by atoms with van der Waals surface area (Å²) in [7, 11) is 1.66. The number of hydrogen-bond acceptors (Lipinski definition) is 5. The van der Waals surface area contributed by atoms with Crippen LogP contribution in [0.4, 0.5) is 0 Å². The van der Waals surface area contributed by atoms with E-state index in [2.05, 4.69) is 15.2 Å². The molecule has 24 heavy (non-hydrogen) atoms. The summed E-state index contributed by atoms with van der Waals surface area (Å²) in [5.41, 5.74) is 0.549. The molecule has 2 atom stereocenters. The molecule has 1 amide bonds. The Morgan fingerprint density at radius 3 is 2.88 bits per heavy atom. The fourth-order valence-electron chi connectivity index (χ4n) is 3.03. The van der Waals surface area contributed by atoms with Gasteiger partial charge in [-0.05, 0) is 26.0 Å². The molecule has 0 radical (unpaired) electrons. The van der Waals surface area contributed by atoms with Gasteiger partial charge in [-0.2, -0.15) is 5.10 Å². The van der Waals surface area contributed by atoms with E-state index < -0.39 is 0 Å². The van der Waals surface area contributed by atoms with Gasteiger partial charge >= 0.3 is 0 Å². The Morgan fingerprint density at radius 1 is 1.42 bits per heavy atom. The summed E-state index contributed by atoms with van der Waals surface area (Å²) in [6, 6.07) is 7.09. The Labute approximate surface area is 141 Å². The van der Waals surface area contributed by atoms with Gasteiger partial charge in [-0.25, -0.2) is 4.98 Å². The predicted molar refractivity (Wildman–Crippen MR) is 87.9 cm³/mol. The number of aromatic amines is 1. The molecule has 0 bridgehead atoms. The van der Waals surface area contributed by atoms with Crippen molar-refractivity contribution >= 4 is 5.91 Å². The van der Waals surface area contributed by atoms with Crippen molar-refractivity contribution in [2.24, 2.45) is 0 Å². The smallest absolute Gasteiger partial charge is 0.258 e. The third-order valence-electron chi connectivity index (χ3n) is 4.19. The van der Waals surface area contributed by atoms with Crippen molar-refractivity contribution in [2.45, 2.75) is 32.4 Å². The summed E-state index contributed by atoms with van der Waals surface area (Å²) in [6.07, 6.45) is 0.646. The largest absolute Gasteiger partial charge is 0.493 e. The van der Waals surface area contributed by atoms with E-state index in [-0.39, 0.29) is 18.1 Å². The molecule has 128 valence electrons. The molecule has 1 aliphatic heterocycles. The highest BCUT2D eigenvalue weighted by Crippen LogP contribution is 2.34. The van der Waals surface area contributed by atoms with E-state index in [1.165, 1.54) is 0 Å². The van der Waals surface area contributed by atoms with Gasteiger partial charge in [0.25, 0.3) is 5.91 Å². The lowest BCUT2D eigenvalue weighted by atomic mass is 10.1. The van der Waals surface area contributed by atoms with E-state index in [1.54, 1.807) is 18.1 Å². The lowest BCUT2D eigenvalue weighted by Crippen LogP contribution is -2.32.